The number of nitrogens with zero attached hydrogens (tertiary/aromatic N) is 3. The van der Waals surface area contributed by atoms with E-state index in [0.29, 0.717) is 11.4 Å². The van der Waals surface area contributed by atoms with E-state index in [9.17, 15) is 0 Å². The molecular weight excluding hydrogens is 332 g/mol. The molecule has 0 unspecified atom stereocenters. The third-order valence-electron chi connectivity index (χ3n) is 4.02. The predicted molar refractivity (Wildman–Crippen MR) is 104 cm³/mol. The fourth-order valence-electron chi connectivity index (χ4n) is 2.65. The van der Waals surface area contributed by atoms with Crippen molar-refractivity contribution in [2.75, 3.05) is 6.61 Å². The van der Waals surface area contributed by atoms with E-state index in [0.717, 1.165) is 47.2 Å². The van der Waals surface area contributed by atoms with Crippen molar-refractivity contribution in [2.45, 2.75) is 33.1 Å². The third-order valence-corrected chi connectivity index (χ3v) is 4.29. The topological polar surface area (TPSA) is 55.2 Å². The molecule has 0 aliphatic carbocycles. The van der Waals surface area contributed by atoms with Crippen molar-refractivity contribution in [2.24, 2.45) is 5.10 Å². The Labute approximate surface area is 152 Å². The number of nitrogens with one attached hydrogen (secondary N) is 1. The molecule has 25 heavy (non-hydrogen) atoms. The summed E-state index contributed by atoms with van der Waals surface area (Å²) in [5.74, 6) is 1.64. The summed E-state index contributed by atoms with van der Waals surface area (Å²) in [6.07, 6.45) is 4.69. The smallest absolute Gasteiger partial charge is 0.216 e. The number of aromatic amines is 1. The van der Waals surface area contributed by atoms with Crippen molar-refractivity contribution in [1.82, 2.24) is 14.9 Å². The highest BCUT2D eigenvalue weighted by atomic mass is 32.1. The lowest BCUT2D eigenvalue weighted by Crippen LogP contribution is -2.02. The van der Waals surface area contributed by atoms with Gasteiger partial charge in [0.2, 0.25) is 4.77 Å². The highest BCUT2D eigenvalue weighted by Gasteiger charge is 2.08. The molecular formula is C19H22N4OS. The number of hydrogen-bond acceptors (Lipinski definition) is 4. The summed E-state index contributed by atoms with van der Waals surface area (Å²) in [7, 11) is 0. The van der Waals surface area contributed by atoms with E-state index in [2.05, 4.69) is 40.4 Å². The second-order valence-electron chi connectivity index (χ2n) is 5.76. The Bertz CT molecular complexity index is 942. The van der Waals surface area contributed by atoms with Crippen molar-refractivity contribution in [3.05, 3.63) is 52.6 Å². The first-order valence-electron chi connectivity index (χ1n) is 8.59. The van der Waals surface area contributed by atoms with Crippen LogP contribution in [0.1, 0.15) is 38.1 Å². The molecule has 0 spiro atoms. The third kappa shape index (κ3) is 3.79. The zero-order chi connectivity index (χ0) is 17.6. The van der Waals surface area contributed by atoms with Gasteiger partial charge in [0.15, 0.2) is 5.82 Å². The Morgan fingerprint density at radius 3 is 2.88 bits per heavy atom. The van der Waals surface area contributed by atoms with Crippen LogP contribution in [0.25, 0.3) is 10.8 Å². The number of benzene rings is 2. The number of ether oxygens (including phenoxy) is 1. The predicted octanol–water partition coefficient (Wildman–Crippen LogP) is 4.72. The van der Waals surface area contributed by atoms with Crippen molar-refractivity contribution >= 4 is 29.2 Å². The Kier molecular flexibility index (Phi) is 5.60. The summed E-state index contributed by atoms with van der Waals surface area (Å²) in [5.41, 5.74) is 0.958. The average Bonchev–Trinajstić information content (AvgIpc) is 3.00. The summed E-state index contributed by atoms with van der Waals surface area (Å²) < 4.78 is 8.14. The lowest BCUT2D eigenvalue weighted by Gasteiger charge is -2.11. The molecule has 0 amide bonds. The van der Waals surface area contributed by atoms with E-state index in [1.54, 1.807) is 4.68 Å². The van der Waals surface area contributed by atoms with Crippen LogP contribution in [-0.2, 0) is 6.42 Å². The maximum absolute atomic E-state index is 5.99. The van der Waals surface area contributed by atoms with Gasteiger partial charge in [-0.2, -0.15) is 14.9 Å². The van der Waals surface area contributed by atoms with Gasteiger partial charge in [-0.25, -0.2) is 0 Å². The van der Waals surface area contributed by atoms with Crippen molar-refractivity contribution < 1.29 is 4.74 Å². The average molecular weight is 354 g/mol. The number of aromatic nitrogens is 3. The highest BCUT2D eigenvalue weighted by Crippen LogP contribution is 2.27. The summed E-state index contributed by atoms with van der Waals surface area (Å²) in [4.78, 5) is 0. The van der Waals surface area contributed by atoms with Crippen LogP contribution in [0, 0.1) is 4.77 Å². The fourth-order valence-corrected chi connectivity index (χ4v) is 2.85. The number of H-pyrrole nitrogens is 1. The van der Waals surface area contributed by atoms with E-state index in [1.165, 1.54) is 0 Å². The van der Waals surface area contributed by atoms with Crippen LogP contribution in [0.15, 0.2) is 41.5 Å². The van der Waals surface area contributed by atoms with Gasteiger partial charge in [0.25, 0.3) is 0 Å². The minimum atomic E-state index is 0.488. The molecule has 0 saturated carbocycles. The first kappa shape index (κ1) is 17.4. The van der Waals surface area contributed by atoms with Gasteiger partial charge in [0.1, 0.15) is 5.75 Å². The van der Waals surface area contributed by atoms with Crippen molar-refractivity contribution in [1.29, 1.82) is 0 Å². The SMILES string of the molecule is CCCCOc1ccc2ccccc2c1/C=N\n1c(CC)n[nH]c1=S. The lowest BCUT2D eigenvalue weighted by molar-refractivity contribution is 0.309. The van der Waals surface area contributed by atoms with Crippen LogP contribution in [0.3, 0.4) is 0 Å². The molecule has 0 aliphatic heterocycles. The number of aryl methyl sites for hydroxylation is 1. The molecule has 3 aromatic rings. The zero-order valence-corrected chi connectivity index (χ0v) is 15.3. The molecule has 0 atom stereocenters. The van der Waals surface area contributed by atoms with E-state index in [1.807, 2.05) is 31.3 Å². The highest BCUT2D eigenvalue weighted by molar-refractivity contribution is 7.71. The first-order valence-corrected chi connectivity index (χ1v) is 9.00. The Balaban J connectivity index is 2.05. The molecule has 0 saturated heterocycles. The van der Waals surface area contributed by atoms with E-state index in [-0.39, 0.29) is 0 Å². The van der Waals surface area contributed by atoms with Gasteiger partial charge >= 0.3 is 0 Å². The van der Waals surface area contributed by atoms with Crippen LogP contribution in [-0.4, -0.2) is 27.7 Å². The molecule has 1 N–H and O–H groups in total. The molecule has 1 heterocycles. The molecule has 0 aliphatic rings. The summed E-state index contributed by atoms with van der Waals surface area (Å²) in [5, 5.41) is 13.8. The maximum Gasteiger partial charge on any atom is 0.216 e. The standard InChI is InChI=1S/C19H22N4OS/c1-3-5-12-24-17-11-10-14-8-6-7-9-15(14)16(17)13-20-23-18(4-2)21-22-19(23)25/h6-11,13H,3-5,12H2,1-2H3,(H,22,25)/b20-13-. The number of fused-ring (bicyclic) bond motifs is 1. The summed E-state index contributed by atoms with van der Waals surface area (Å²) in [6.45, 7) is 4.87. The summed E-state index contributed by atoms with van der Waals surface area (Å²) in [6, 6.07) is 12.3. The van der Waals surface area contributed by atoms with Crippen LogP contribution >= 0.6 is 12.2 Å². The largest absolute Gasteiger partial charge is 0.493 e. The van der Waals surface area contributed by atoms with Gasteiger partial charge < -0.3 is 4.74 Å². The lowest BCUT2D eigenvalue weighted by atomic mass is 10.0. The Hall–Kier alpha value is -2.47. The molecule has 0 radical (unpaired) electrons. The second-order valence-corrected chi connectivity index (χ2v) is 6.14. The van der Waals surface area contributed by atoms with Crippen molar-refractivity contribution in [3.63, 3.8) is 0 Å². The molecule has 6 heteroatoms. The normalized spacial score (nSPS) is 11.4. The minimum Gasteiger partial charge on any atom is -0.493 e. The number of unbranched alkanes of at least 4 members (excludes halogenated alkanes) is 1. The van der Waals surface area contributed by atoms with Gasteiger partial charge in [0, 0.05) is 12.0 Å². The van der Waals surface area contributed by atoms with Crippen LogP contribution in [0.2, 0.25) is 0 Å². The maximum atomic E-state index is 5.99. The molecule has 2 aromatic carbocycles. The molecule has 0 fully saturated rings. The van der Waals surface area contributed by atoms with E-state index < -0.39 is 0 Å². The van der Waals surface area contributed by atoms with Gasteiger partial charge in [-0.3, -0.25) is 5.10 Å². The van der Waals surface area contributed by atoms with Gasteiger partial charge in [-0.05, 0) is 35.5 Å². The quantitative estimate of drug-likeness (QED) is 0.379. The molecule has 1 aromatic heterocycles. The fraction of sp³-hybridized carbons (Fsp3) is 0.316. The van der Waals surface area contributed by atoms with Crippen LogP contribution in [0.5, 0.6) is 5.75 Å². The molecule has 3 rings (SSSR count). The second kappa shape index (κ2) is 8.07. The van der Waals surface area contributed by atoms with E-state index >= 15 is 0 Å². The summed E-state index contributed by atoms with van der Waals surface area (Å²) >= 11 is 5.27. The van der Waals surface area contributed by atoms with Gasteiger partial charge in [-0.15, -0.1) is 0 Å². The van der Waals surface area contributed by atoms with Crippen LogP contribution < -0.4 is 4.74 Å². The molecule has 130 valence electrons. The van der Waals surface area contributed by atoms with Gasteiger partial charge in [0.05, 0.1) is 12.8 Å². The van der Waals surface area contributed by atoms with Crippen LogP contribution in [0.4, 0.5) is 0 Å². The Morgan fingerprint density at radius 2 is 2.08 bits per heavy atom. The number of rotatable bonds is 7. The zero-order valence-electron chi connectivity index (χ0n) is 14.5. The molecule has 0 bridgehead atoms. The monoisotopic (exact) mass is 354 g/mol. The Morgan fingerprint density at radius 1 is 1.24 bits per heavy atom. The van der Waals surface area contributed by atoms with Crippen molar-refractivity contribution in [3.8, 4) is 5.75 Å². The van der Waals surface area contributed by atoms with E-state index in [4.69, 9.17) is 17.0 Å². The van der Waals surface area contributed by atoms with Gasteiger partial charge in [-0.1, -0.05) is 50.6 Å². The molecule has 5 nitrogen and oxygen atoms in total. The minimum absolute atomic E-state index is 0.488. The number of hydrogen-bond donors (Lipinski definition) is 1. The first-order chi connectivity index (χ1) is 12.2.